The van der Waals surface area contributed by atoms with Crippen molar-refractivity contribution in [2.45, 2.75) is 31.8 Å². The van der Waals surface area contributed by atoms with Crippen molar-refractivity contribution in [3.05, 3.63) is 60.7 Å². The molecule has 1 N–H and O–H groups in total. The van der Waals surface area contributed by atoms with Gasteiger partial charge in [-0.25, -0.2) is 0 Å². The highest BCUT2D eigenvalue weighted by Gasteiger charge is 2.25. The Labute approximate surface area is 98.1 Å². The predicted octanol–water partition coefficient (Wildman–Crippen LogP) is 3.38. The topological polar surface area (TPSA) is 20.2 Å². The molecule has 0 radical (unpaired) electrons. The molecule has 0 aliphatic rings. The van der Waals surface area contributed by atoms with Gasteiger partial charge in [-0.2, -0.15) is 0 Å². The molecule has 0 saturated heterocycles. The van der Waals surface area contributed by atoms with Crippen molar-refractivity contribution < 1.29 is 5.11 Å². The number of aryl methyl sites for hydroxylation is 1. The molecule has 0 aromatic heterocycles. The van der Waals surface area contributed by atoms with E-state index < -0.39 is 6.10 Å². The lowest BCUT2D eigenvalue weighted by Gasteiger charge is -2.28. The van der Waals surface area contributed by atoms with Crippen LogP contribution >= 0.6 is 0 Å². The Bertz CT molecular complexity index is 364. The number of benzene rings is 1. The van der Waals surface area contributed by atoms with E-state index in [1.54, 1.807) is 6.08 Å². The summed E-state index contributed by atoms with van der Waals surface area (Å²) in [7, 11) is 0. The van der Waals surface area contributed by atoms with Crippen LogP contribution in [-0.4, -0.2) is 11.2 Å². The molecule has 1 nitrogen and oxygen atoms in total. The Morgan fingerprint density at radius 3 is 2.31 bits per heavy atom. The van der Waals surface area contributed by atoms with Gasteiger partial charge in [0.25, 0.3) is 0 Å². The highest BCUT2D eigenvalue weighted by Crippen LogP contribution is 2.30. The van der Waals surface area contributed by atoms with Crippen molar-refractivity contribution >= 4 is 0 Å². The Morgan fingerprint density at radius 2 is 1.88 bits per heavy atom. The number of aliphatic hydroxyl groups is 1. The minimum absolute atomic E-state index is 0.207. The zero-order chi connectivity index (χ0) is 12.2. The van der Waals surface area contributed by atoms with E-state index in [9.17, 15) is 5.11 Å². The van der Waals surface area contributed by atoms with Crippen LogP contribution < -0.4 is 0 Å². The van der Waals surface area contributed by atoms with Crippen molar-refractivity contribution in [2.24, 2.45) is 0 Å². The van der Waals surface area contributed by atoms with Gasteiger partial charge in [0.1, 0.15) is 0 Å². The molecule has 1 aromatic rings. The molecule has 1 aromatic carbocycles. The van der Waals surface area contributed by atoms with Gasteiger partial charge in [-0.1, -0.05) is 48.9 Å². The van der Waals surface area contributed by atoms with Crippen LogP contribution in [0.3, 0.4) is 0 Å². The number of rotatable bonds is 5. The first-order valence-electron chi connectivity index (χ1n) is 5.53. The van der Waals surface area contributed by atoms with E-state index >= 15 is 0 Å². The van der Waals surface area contributed by atoms with Crippen LogP contribution in [0.1, 0.15) is 24.5 Å². The summed E-state index contributed by atoms with van der Waals surface area (Å²) in [5.74, 6) is 0. The number of aliphatic hydroxyl groups excluding tert-OH is 1. The Morgan fingerprint density at radius 1 is 1.31 bits per heavy atom. The fourth-order valence-electron chi connectivity index (χ4n) is 1.77. The van der Waals surface area contributed by atoms with Gasteiger partial charge < -0.3 is 5.11 Å². The molecule has 0 amide bonds. The number of allylic oxidation sites excluding steroid dienone is 1. The molecule has 86 valence electrons. The first-order valence-corrected chi connectivity index (χ1v) is 5.53. The van der Waals surface area contributed by atoms with E-state index in [0.717, 1.165) is 0 Å². The molecule has 0 saturated carbocycles. The van der Waals surface area contributed by atoms with Crippen molar-refractivity contribution in [3.8, 4) is 0 Å². The summed E-state index contributed by atoms with van der Waals surface area (Å²) in [5.41, 5.74) is 2.20. The second-order valence-electron chi connectivity index (χ2n) is 4.49. The van der Waals surface area contributed by atoms with E-state index in [2.05, 4.69) is 51.3 Å². The standard InChI is InChI=1S/C15H20O/c1-5-14(16)11-15(4,6-2)13-9-7-12(3)8-10-13/h5-10,14,16H,1-2,11H2,3-4H3. The van der Waals surface area contributed by atoms with Crippen LogP contribution in [0.2, 0.25) is 0 Å². The van der Waals surface area contributed by atoms with E-state index in [0.29, 0.717) is 6.42 Å². The van der Waals surface area contributed by atoms with Crippen molar-refractivity contribution in [1.82, 2.24) is 0 Å². The van der Waals surface area contributed by atoms with Crippen LogP contribution in [0.15, 0.2) is 49.6 Å². The Balaban J connectivity index is 2.99. The molecule has 2 atom stereocenters. The molecule has 1 heteroatoms. The monoisotopic (exact) mass is 216 g/mol. The van der Waals surface area contributed by atoms with Gasteiger partial charge in [0.05, 0.1) is 6.10 Å². The van der Waals surface area contributed by atoms with Crippen molar-refractivity contribution in [3.63, 3.8) is 0 Å². The van der Waals surface area contributed by atoms with Gasteiger partial charge in [0, 0.05) is 5.41 Å². The fraction of sp³-hybridized carbons (Fsp3) is 0.333. The highest BCUT2D eigenvalue weighted by atomic mass is 16.3. The van der Waals surface area contributed by atoms with E-state index in [4.69, 9.17) is 0 Å². The molecular weight excluding hydrogens is 196 g/mol. The maximum atomic E-state index is 9.67. The Kier molecular flexibility index (Phi) is 4.08. The fourth-order valence-corrected chi connectivity index (χ4v) is 1.77. The van der Waals surface area contributed by atoms with Gasteiger partial charge in [0.15, 0.2) is 0 Å². The largest absolute Gasteiger partial charge is 0.389 e. The van der Waals surface area contributed by atoms with E-state index in [-0.39, 0.29) is 5.41 Å². The number of hydrogen-bond acceptors (Lipinski definition) is 1. The highest BCUT2D eigenvalue weighted by molar-refractivity contribution is 5.32. The molecule has 16 heavy (non-hydrogen) atoms. The zero-order valence-electron chi connectivity index (χ0n) is 10.1. The predicted molar refractivity (Wildman–Crippen MR) is 69.5 cm³/mol. The Hall–Kier alpha value is -1.34. The van der Waals surface area contributed by atoms with Gasteiger partial charge in [-0.3, -0.25) is 0 Å². The smallest absolute Gasteiger partial charge is 0.0729 e. The normalized spacial score (nSPS) is 16.2. The lowest BCUT2D eigenvalue weighted by atomic mass is 9.78. The summed E-state index contributed by atoms with van der Waals surface area (Å²) in [6.07, 6.45) is 3.58. The van der Waals surface area contributed by atoms with Crippen LogP contribution in [0.25, 0.3) is 0 Å². The minimum atomic E-state index is -0.496. The van der Waals surface area contributed by atoms with Crippen LogP contribution in [0.5, 0.6) is 0 Å². The molecule has 0 heterocycles. The second kappa shape index (κ2) is 5.13. The first-order chi connectivity index (χ1) is 7.51. The van der Waals surface area contributed by atoms with Crippen LogP contribution in [0.4, 0.5) is 0 Å². The van der Waals surface area contributed by atoms with E-state index in [1.165, 1.54) is 11.1 Å². The summed E-state index contributed by atoms with van der Waals surface area (Å²) >= 11 is 0. The average Bonchev–Trinajstić information content (AvgIpc) is 2.29. The molecule has 0 bridgehead atoms. The van der Waals surface area contributed by atoms with Crippen molar-refractivity contribution in [2.75, 3.05) is 0 Å². The SMILES string of the molecule is C=CC(O)CC(C)(C=C)c1ccc(C)cc1. The lowest BCUT2D eigenvalue weighted by molar-refractivity contribution is 0.190. The van der Waals surface area contributed by atoms with Gasteiger partial charge in [-0.15, -0.1) is 13.2 Å². The molecule has 1 rings (SSSR count). The molecule has 0 fully saturated rings. The molecule has 0 spiro atoms. The number of hydrogen-bond donors (Lipinski definition) is 1. The third kappa shape index (κ3) is 2.83. The van der Waals surface area contributed by atoms with Gasteiger partial charge in [0.2, 0.25) is 0 Å². The third-order valence-corrected chi connectivity index (χ3v) is 3.07. The van der Waals surface area contributed by atoms with Crippen molar-refractivity contribution in [1.29, 1.82) is 0 Å². The van der Waals surface area contributed by atoms with Crippen LogP contribution in [-0.2, 0) is 5.41 Å². The summed E-state index contributed by atoms with van der Waals surface area (Å²) in [5, 5.41) is 9.67. The first kappa shape index (κ1) is 12.7. The second-order valence-corrected chi connectivity index (χ2v) is 4.49. The summed E-state index contributed by atoms with van der Waals surface area (Å²) in [6.45, 7) is 11.6. The molecule has 0 aliphatic carbocycles. The van der Waals surface area contributed by atoms with E-state index in [1.807, 2.05) is 6.08 Å². The van der Waals surface area contributed by atoms with Crippen LogP contribution in [0, 0.1) is 6.92 Å². The maximum absolute atomic E-state index is 9.67. The maximum Gasteiger partial charge on any atom is 0.0729 e. The molecule has 2 unspecified atom stereocenters. The average molecular weight is 216 g/mol. The van der Waals surface area contributed by atoms with Gasteiger partial charge in [-0.05, 0) is 18.9 Å². The third-order valence-electron chi connectivity index (χ3n) is 3.07. The lowest BCUT2D eigenvalue weighted by Crippen LogP contribution is -2.24. The minimum Gasteiger partial charge on any atom is -0.389 e. The summed E-state index contributed by atoms with van der Waals surface area (Å²) in [4.78, 5) is 0. The quantitative estimate of drug-likeness (QED) is 0.748. The zero-order valence-corrected chi connectivity index (χ0v) is 10.1. The molecule has 0 aliphatic heterocycles. The summed E-state index contributed by atoms with van der Waals surface area (Å²) < 4.78 is 0. The molecular formula is C15H20O. The van der Waals surface area contributed by atoms with Gasteiger partial charge >= 0.3 is 0 Å². The summed E-state index contributed by atoms with van der Waals surface area (Å²) in [6, 6.07) is 8.34.